The summed E-state index contributed by atoms with van der Waals surface area (Å²) in [6.07, 6.45) is 3.48. The van der Waals surface area contributed by atoms with Crippen LogP contribution in [0.5, 0.6) is 5.75 Å². The summed E-state index contributed by atoms with van der Waals surface area (Å²) in [5, 5.41) is 0.747. The van der Waals surface area contributed by atoms with Crippen molar-refractivity contribution < 1.29 is 4.74 Å². The highest BCUT2D eigenvalue weighted by Gasteiger charge is 2.29. The molecule has 1 fully saturated rings. The summed E-state index contributed by atoms with van der Waals surface area (Å²) in [7, 11) is 0. The standard InChI is InChI=1S/C28H42ClN3O/c1-21(2)13-16-32(27-14-15-31(19-27)18-25(30)17-22(3)4)26-9-11-28(12-10-26)33-20-23-5-7-24(29)8-6-23/h5-12,21-22,25,27H,13-20,30H2,1-4H3. The Morgan fingerprint density at radius 1 is 1.03 bits per heavy atom. The third-order valence-corrected chi connectivity index (χ3v) is 6.64. The minimum Gasteiger partial charge on any atom is -0.489 e. The van der Waals surface area contributed by atoms with Crippen LogP contribution in [-0.2, 0) is 6.61 Å². The van der Waals surface area contributed by atoms with E-state index in [2.05, 4.69) is 61.8 Å². The molecule has 1 aliphatic heterocycles. The van der Waals surface area contributed by atoms with Gasteiger partial charge in [0.2, 0.25) is 0 Å². The number of hydrogen-bond acceptors (Lipinski definition) is 4. The highest BCUT2D eigenvalue weighted by molar-refractivity contribution is 6.30. The Morgan fingerprint density at radius 3 is 2.36 bits per heavy atom. The molecule has 0 radical (unpaired) electrons. The van der Waals surface area contributed by atoms with Crippen LogP contribution in [0.15, 0.2) is 48.5 Å². The van der Waals surface area contributed by atoms with Crippen molar-refractivity contribution >= 4 is 17.3 Å². The van der Waals surface area contributed by atoms with Gasteiger partial charge in [-0.3, -0.25) is 4.90 Å². The monoisotopic (exact) mass is 471 g/mol. The first-order valence-electron chi connectivity index (χ1n) is 12.5. The molecule has 2 aromatic carbocycles. The predicted octanol–water partition coefficient (Wildman–Crippen LogP) is 6.22. The van der Waals surface area contributed by atoms with Crippen molar-refractivity contribution in [1.29, 1.82) is 0 Å². The van der Waals surface area contributed by atoms with Crippen molar-refractivity contribution in [1.82, 2.24) is 4.90 Å². The zero-order valence-corrected chi connectivity index (χ0v) is 21.6. The molecule has 5 heteroatoms. The van der Waals surface area contributed by atoms with Crippen molar-refractivity contribution in [3.05, 3.63) is 59.1 Å². The van der Waals surface area contributed by atoms with Gasteiger partial charge < -0.3 is 15.4 Å². The molecule has 2 atom stereocenters. The van der Waals surface area contributed by atoms with Crippen LogP contribution in [-0.4, -0.2) is 43.2 Å². The second-order valence-electron chi connectivity index (χ2n) is 10.4. The first-order chi connectivity index (χ1) is 15.8. The third-order valence-electron chi connectivity index (χ3n) is 6.39. The van der Waals surface area contributed by atoms with Crippen molar-refractivity contribution in [3.8, 4) is 5.75 Å². The normalized spacial score (nSPS) is 17.6. The molecule has 0 aromatic heterocycles. The van der Waals surface area contributed by atoms with Gasteiger partial charge in [0, 0.05) is 49.0 Å². The van der Waals surface area contributed by atoms with E-state index in [9.17, 15) is 0 Å². The number of anilines is 1. The number of halogens is 1. The van der Waals surface area contributed by atoms with Crippen molar-refractivity contribution in [2.45, 2.75) is 65.6 Å². The lowest BCUT2D eigenvalue weighted by Gasteiger charge is -2.32. The summed E-state index contributed by atoms with van der Waals surface area (Å²) < 4.78 is 6.00. The molecule has 2 N–H and O–H groups in total. The molecule has 3 rings (SSSR count). The molecule has 182 valence electrons. The second-order valence-corrected chi connectivity index (χ2v) is 10.8. The van der Waals surface area contributed by atoms with E-state index in [0.717, 1.165) is 48.9 Å². The summed E-state index contributed by atoms with van der Waals surface area (Å²) in [5.74, 6) is 2.23. The van der Waals surface area contributed by atoms with E-state index in [4.69, 9.17) is 22.1 Å². The number of nitrogens with zero attached hydrogens (tertiary/aromatic N) is 2. The molecule has 1 aliphatic rings. The third kappa shape index (κ3) is 8.51. The van der Waals surface area contributed by atoms with E-state index in [-0.39, 0.29) is 6.04 Å². The predicted molar refractivity (Wildman–Crippen MR) is 141 cm³/mol. The zero-order chi connectivity index (χ0) is 23.8. The van der Waals surface area contributed by atoms with Crippen molar-refractivity contribution in [2.24, 2.45) is 17.6 Å². The number of likely N-dealkylation sites (tertiary alicyclic amines) is 1. The van der Waals surface area contributed by atoms with E-state index in [1.807, 2.05) is 24.3 Å². The molecule has 0 amide bonds. The summed E-state index contributed by atoms with van der Waals surface area (Å²) in [4.78, 5) is 5.17. The molecule has 4 nitrogen and oxygen atoms in total. The Balaban J connectivity index is 1.61. The molecule has 33 heavy (non-hydrogen) atoms. The van der Waals surface area contributed by atoms with Crippen LogP contribution >= 0.6 is 11.6 Å². The van der Waals surface area contributed by atoms with Crippen LogP contribution in [0.25, 0.3) is 0 Å². The lowest BCUT2D eigenvalue weighted by molar-refractivity contribution is 0.291. The second kappa shape index (κ2) is 12.6. The Labute approximate surface area is 206 Å². The fourth-order valence-electron chi connectivity index (χ4n) is 4.65. The van der Waals surface area contributed by atoms with E-state index in [1.54, 1.807) is 0 Å². The van der Waals surface area contributed by atoms with Gasteiger partial charge in [-0.25, -0.2) is 0 Å². The molecular weight excluding hydrogens is 430 g/mol. The molecule has 0 saturated carbocycles. The quantitative estimate of drug-likeness (QED) is 0.399. The number of nitrogens with two attached hydrogens (primary N) is 1. The molecule has 1 saturated heterocycles. The highest BCUT2D eigenvalue weighted by atomic mass is 35.5. The van der Waals surface area contributed by atoms with Crippen molar-refractivity contribution in [3.63, 3.8) is 0 Å². The Kier molecular flexibility index (Phi) is 9.91. The molecule has 2 aromatic rings. The van der Waals surface area contributed by atoms with E-state index in [1.165, 1.54) is 18.5 Å². The average Bonchev–Trinajstić information content (AvgIpc) is 3.21. The topological polar surface area (TPSA) is 41.7 Å². The fourth-order valence-corrected chi connectivity index (χ4v) is 4.77. The summed E-state index contributed by atoms with van der Waals surface area (Å²) in [6, 6.07) is 17.2. The molecule has 0 bridgehead atoms. The van der Waals surface area contributed by atoms with Gasteiger partial charge in [-0.05, 0) is 73.1 Å². The largest absolute Gasteiger partial charge is 0.489 e. The zero-order valence-electron chi connectivity index (χ0n) is 20.8. The average molecular weight is 472 g/mol. The van der Waals surface area contributed by atoms with Crippen LogP contribution < -0.4 is 15.4 Å². The maximum absolute atomic E-state index is 6.40. The number of hydrogen-bond donors (Lipinski definition) is 1. The number of ether oxygens (including phenoxy) is 1. The molecule has 2 unspecified atom stereocenters. The van der Waals surface area contributed by atoms with E-state index >= 15 is 0 Å². The maximum atomic E-state index is 6.40. The number of benzene rings is 2. The first-order valence-corrected chi connectivity index (χ1v) is 12.9. The van der Waals surface area contributed by atoms with Gasteiger partial charge in [0.15, 0.2) is 0 Å². The van der Waals surface area contributed by atoms with Gasteiger partial charge in [-0.15, -0.1) is 0 Å². The Bertz CT molecular complexity index is 822. The van der Waals surface area contributed by atoms with Gasteiger partial charge in [-0.1, -0.05) is 51.4 Å². The molecule has 1 heterocycles. The molecule has 0 spiro atoms. The van der Waals surface area contributed by atoms with Crippen LogP contribution in [0.1, 0.15) is 52.5 Å². The van der Waals surface area contributed by atoms with E-state index in [0.29, 0.717) is 24.5 Å². The van der Waals surface area contributed by atoms with E-state index < -0.39 is 0 Å². The number of rotatable bonds is 12. The molecular formula is C28H42ClN3O. The smallest absolute Gasteiger partial charge is 0.119 e. The fraction of sp³-hybridized carbons (Fsp3) is 0.571. The van der Waals surface area contributed by atoms with Crippen LogP contribution in [0, 0.1) is 11.8 Å². The Morgan fingerprint density at radius 2 is 1.73 bits per heavy atom. The van der Waals surface area contributed by atoms with Crippen LogP contribution in [0.4, 0.5) is 5.69 Å². The first kappa shape index (κ1) is 25.9. The summed E-state index contributed by atoms with van der Waals surface area (Å²) >= 11 is 5.97. The minimum atomic E-state index is 0.268. The van der Waals surface area contributed by atoms with Gasteiger partial charge >= 0.3 is 0 Å². The Hall–Kier alpha value is -1.75. The van der Waals surface area contributed by atoms with Gasteiger partial charge in [-0.2, -0.15) is 0 Å². The summed E-state index contributed by atoms with van der Waals surface area (Å²) in [6.45, 7) is 14.0. The van der Waals surface area contributed by atoms with Gasteiger partial charge in [0.25, 0.3) is 0 Å². The van der Waals surface area contributed by atoms with Gasteiger partial charge in [0.05, 0.1) is 0 Å². The maximum Gasteiger partial charge on any atom is 0.119 e. The lowest BCUT2D eigenvalue weighted by Crippen LogP contribution is -2.41. The minimum absolute atomic E-state index is 0.268. The van der Waals surface area contributed by atoms with Crippen molar-refractivity contribution in [2.75, 3.05) is 31.1 Å². The molecule has 0 aliphatic carbocycles. The van der Waals surface area contributed by atoms with Crippen LogP contribution in [0.2, 0.25) is 5.02 Å². The lowest BCUT2D eigenvalue weighted by atomic mass is 10.0. The summed E-state index contributed by atoms with van der Waals surface area (Å²) in [5.41, 5.74) is 8.80. The SMILES string of the molecule is CC(C)CCN(c1ccc(OCc2ccc(Cl)cc2)cc1)C1CCN(CC(N)CC(C)C)C1. The van der Waals surface area contributed by atoms with Gasteiger partial charge in [0.1, 0.15) is 12.4 Å². The van der Waals surface area contributed by atoms with Crippen LogP contribution in [0.3, 0.4) is 0 Å². The highest BCUT2D eigenvalue weighted by Crippen LogP contribution is 2.27.